The van der Waals surface area contributed by atoms with E-state index in [0.717, 1.165) is 12.8 Å². The molecule has 0 rings (SSSR count). The summed E-state index contributed by atoms with van der Waals surface area (Å²) in [6.07, 6.45) is 21.3. The molecule has 0 aromatic heterocycles. The molecular formula is C28H58O3S. The molecule has 0 aliphatic rings. The summed E-state index contributed by atoms with van der Waals surface area (Å²) in [6, 6.07) is 0. The molecule has 0 fully saturated rings. The van der Waals surface area contributed by atoms with E-state index in [-0.39, 0.29) is 0 Å². The Bertz CT molecular complexity index is 348. The number of ether oxygens (including phenoxy) is 3. The lowest BCUT2D eigenvalue weighted by atomic mass is 9.95. The van der Waals surface area contributed by atoms with Crippen LogP contribution < -0.4 is 0 Å². The fourth-order valence-electron chi connectivity index (χ4n) is 4.42. The van der Waals surface area contributed by atoms with Gasteiger partial charge in [0.25, 0.3) is 5.97 Å². The zero-order valence-electron chi connectivity index (χ0n) is 22.6. The van der Waals surface area contributed by atoms with Gasteiger partial charge in [0, 0.05) is 25.7 Å². The van der Waals surface area contributed by atoms with Crippen LogP contribution in [-0.4, -0.2) is 37.3 Å². The summed E-state index contributed by atoms with van der Waals surface area (Å²) in [5.74, 6) is 1.90. The second kappa shape index (κ2) is 24.4. The first-order chi connectivity index (χ1) is 15.7. The molecule has 194 valence electrons. The van der Waals surface area contributed by atoms with Crippen LogP contribution in [0.4, 0.5) is 0 Å². The van der Waals surface area contributed by atoms with Crippen molar-refractivity contribution in [1.29, 1.82) is 0 Å². The zero-order chi connectivity index (χ0) is 23.8. The van der Waals surface area contributed by atoms with Gasteiger partial charge in [-0.15, -0.1) is 0 Å². The van der Waals surface area contributed by atoms with E-state index in [9.17, 15) is 0 Å². The van der Waals surface area contributed by atoms with Crippen LogP contribution in [0.2, 0.25) is 0 Å². The van der Waals surface area contributed by atoms with E-state index in [0.29, 0.717) is 25.7 Å². The van der Waals surface area contributed by atoms with E-state index in [1.807, 2.05) is 20.8 Å². The van der Waals surface area contributed by atoms with Gasteiger partial charge in [-0.2, -0.15) is 11.8 Å². The topological polar surface area (TPSA) is 27.7 Å². The summed E-state index contributed by atoms with van der Waals surface area (Å²) in [6.45, 7) is 12.6. The normalized spacial score (nSPS) is 13.0. The van der Waals surface area contributed by atoms with Crippen molar-refractivity contribution in [2.45, 2.75) is 143 Å². The fourth-order valence-corrected chi connectivity index (χ4v) is 5.48. The molecule has 0 amide bonds. The molecule has 32 heavy (non-hydrogen) atoms. The number of hydrogen-bond acceptors (Lipinski definition) is 4. The molecule has 0 aliphatic carbocycles. The van der Waals surface area contributed by atoms with Gasteiger partial charge in [0.15, 0.2) is 0 Å². The van der Waals surface area contributed by atoms with Gasteiger partial charge in [0.05, 0.1) is 0 Å². The van der Waals surface area contributed by atoms with Crippen LogP contribution >= 0.6 is 11.8 Å². The van der Waals surface area contributed by atoms with Crippen LogP contribution in [0.5, 0.6) is 0 Å². The largest absolute Gasteiger partial charge is 0.328 e. The molecule has 1 atom stereocenters. The van der Waals surface area contributed by atoms with Crippen LogP contribution in [0, 0.1) is 5.92 Å². The van der Waals surface area contributed by atoms with Gasteiger partial charge in [-0.3, -0.25) is 0 Å². The summed E-state index contributed by atoms with van der Waals surface area (Å²) < 4.78 is 18.5. The van der Waals surface area contributed by atoms with E-state index in [1.54, 1.807) is 0 Å². The molecule has 0 saturated heterocycles. The van der Waals surface area contributed by atoms with Crippen LogP contribution in [-0.2, 0) is 14.2 Å². The highest BCUT2D eigenvalue weighted by molar-refractivity contribution is 7.99. The Labute approximate surface area is 206 Å². The molecule has 0 aromatic rings. The highest BCUT2D eigenvalue weighted by Crippen LogP contribution is 2.34. The molecule has 3 nitrogen and oxygen atoms in total. The van der Waals surface area contributed by atoms with Crippen molar-refractivity contribution < 1.29 is 14.2 Å². The van der Waals surface area contributed by atoms with Crippen molar-refractivity contribution in [2.75, 3.05) is 31.3 Å². The molecule has 0 N–H and O–H groups in total. The highest BCUT2D eigenvalue weighted by Gasteiger charge is 2.41. The summed E-state index contributed by atoms with van der Waals surface area (Å²) in [7, 11) is 0. The van der Waals surface area contributed by atoms with Crippen molar-refractivity contribution >= 4 is 11.8 Å². The summed E-state index contributed by atoms with van der Waals surface area (Å²) in [5, 5.41) is 0. The molecule has 0 radical (unpaired) electrons. The van der Waals surface area contributed by atoms with E-state index in [4.69, 9.17) is 14.2 Å². The Morgan fingerprint density at radius 3 is 1.41 bits per heavy atom. The van der Waals surface area contributed by atoms with Crippen LogP contribution in [0.25, 0.3) is 0 Å². The Morgan fingerprint density at radius 2 is 0.938 bits per heavy atom. The summed E-state index contributed by atoms with van der Waals surface area (Å²) >= 11 is 2.11. The van der Waals surface area contributed by atoms with Crippen molar-refractivity contribution in [3.63, 3.8) is 0 Å². The quantitative estimate of drug-likeness (QED) is 0.0921. The number of rotatable bonds is 26. The standard InChI is InChI=1S/C28H58O3S/c1-6-11-13-15-17-18-20-22-25-32-26-24-27(23-21-19-16-14-12-7-2)28(29-8-3,30-9-4)31-10-5/h27H,6-26H2,1-5H3. The monoisotopic (exact) mass is 474 g/mol. The highest BCUT2D eigenvalue weighted by atomic mass is 32.2. The van der Waals surface area contributed by atoms with E-state index >= 15 is 0 Å². The Hall–Kier alpha value is 0.230. The summed E-state index contributed by atoms with van der Waals surface area (Å²) in [5.41, 5.74) is 0. The molecule has 0 aromatic carbocycles. The van der Waals surface area contributed by atoms with Gasteiger partial charge in [0.1, 0.15) is 0 Å². The zero-order valence-corrected chi connectivity index (χ0v) is 23.4. The third-order valence-corrected chi connectivity index (χ3v) is 7.30. The van der Waals surface area contributed by atoms with E-state index < -0.39 is 5.97 Å². The van der Waals surface area contributed by atoms with Gasteiger partial charge < -0.3 is 14.2 Å². The van der Waals surface area contributed by atoms with Gasteiger partial charge in [-0.05, 0) is 51.5 Å². The lowest BCUT2D eigenvalue weighted by Gasteiger charge is -2.39. The maximum Gasteiger partial charge on any atom is 0.285 e. The van der Waals surface area contributed by atoms with Gasteiger partial charge in [-0.25, -0.2) is 0 Å². The van der Waals surface area contributed by atoms with Crippen molar-refractivity contribution in [2.24, 2.45) is 5.92 Å². The second-order valence-electron chi connectivity index (χ2n) is 9.03. The minimum atomic E-state index is -0.860. The molecular weight excluding hydrogens is 416 g/mol. The van der Waals surface area contributed by atoms with E-state index in [2.05, 4.69) is 25.6 Å². The third kappa shape index (κ3) is 16.8. The lowest BCUT2D eigenvalue weighted by molar-refractivity contribution is -0.402. The number of hydrogen-bond donors (Lipinski definition) is 0. The predicted octanol–water partition coefficient (Wildman–Crippen LogP) is 9.38. The Kier molecular flexibility index (Phi) is 24.5. The minimum Gasteiger partial charge on any atom is -0.328 e. The Morgan fingerprint density at radius 1 is 0.500 bits per heavy atom. The lowest BCUT2D eigenvalue weighted by Crippen LogP contribution is -2.47. The van der Waals surface area contributed by atoms with Gasteiger partial charge >= 0.3 is 0 Å². The average molecular weight is 475 g/mol. The second-order valence-corrected chi connectivity index (χ2v) is 10.3. The Balaban J connectivity index is 4.44. The predicted molar refractivity (Wildman–Crippen MR) is 144 cm³/mol. The van der Waals surface area contributed by atoms with E-state index in [1.165, 1.54) is 101 Å². The molecule has 0 aliphatic heterocycles. The smallest absolute Gasteiger partial charge is 0.285 e. The van der Waals surface area contributed by atoms with Crippen LogP contribution in [0.1, 0.15) is 137 Å². The number of thioether (sulfide) groups is 1. The van der Waals surface area contributed by atoms with Crippen LogP contribution in [0.3, 0.4) is 0 Å². The number of unbranched alkanes of at least 4 members (excludes halogenated alkanes) is 12. The first-order valence-corrected chi connectivity index (χ1v) is 15.4. The fraction of sp³-hybridized carbons (Fsp3) is 1.00. The first kappa shape index (κ1) is 32.2. The molecule has 1 unspecified atom stereocenters. The molecule has 0 saturated carbocycles. The maximum atomic E-state index is 6.16. The van der Waals surface area contributed by atoms with Crippen molar-refractivity contribution in [3.05, 3.63) is 0 Å². The average Bonchev–Trinajstić information content (AvgIpc) is 2.78. The first-order valence-electron chi connectivity index (χ1n) is 14.2. The SMILES string of the molecule is CCCCCCCCCCSCCC(CCCCCCCC)C(OCC)(OCC)OCC. The minimum absolute atomic E-state index is 0.305. The van der Waals surface area contributed by atoms with Crippen LogP contribution in [0.15, 0.2) is 0 Å². The van der Waals surface area contributed by atoms with Gasteiger partial charge in [-0.1, -0.05) is 97.3 Å². The maximum absolute atomic E-state index is 6.16. The molecule has 0 spiro atoms. The molecule has 0 heterocycles. The third-order valence-electron chi connectivity index (χ3n) is 6.20. The van der Waals surface area contributed by atoms with Crippen molar-refractivity contribution in [3.8, 4) is 0 Å². The summed E-state index contributed by atoms with van der Waals surface area (Å²) in [4.78, 5) is 0. The van der Waals surface area contributed by atoms with Gasteiger partial charge in [0.2, 0.25) is 0 Å². The van der Waals surface area contributed by atoms with Crippen molar-refractivity contribution in [1.82, 2.24) is 0 Å². The molecule has 0 bridgehead atoms. The molecule has 4 heteroatoms.